The molecule has 1 aromatic heterocycles. The fraction of sp³-hybridized carbons (Fsp3) is 0.389. The van der Waals surface area contributed by atoms with E-state index < -0.39 is 0 Å². The molecule has 4 nitrogen and oxygen atoms in total. The highest BCUT2D eigenvalue weighted by Crippen LogP contribution is 2.45. The normalized spacial score (nSPS) is 16.5. The molecule has 1 unspecified atom stereocenters. The molecule has 3 rings (SSSR count). The summed E-state index contributed by atoms with van der Waals surface area (Å²) in [5.74, 6) is 3.21. The lowest BCUT2D eigenvalue weighted by molar-refractivity contribution is 0.0939. The molecule has 1 amide bonds. The van der Waals surface area contributed by atoms with Crippen molar-refractivity contribution in [2.75, 3.05) is 32.1 Å². The van der Waals surface area contributed by atoms with Crippen LogP contribution in [0, 0.1) is 0 Å². The molecule has 0 bridgehead atoms. The molecule has 1 aromatic carbocycles. The third-order valence-corrected chi connectivity index (χ3v) is 7.12. The second-order valence-electron chi connectivity index (χ2n) is 5.90. The van der Waals surface area contributed by atoms with Crippen LogP contribution >= 0.6 is 23.5 Å². The van der Waals surface area contributed by atoms with Gasteiger partial charge in [0.2, 0.25) is 0 Å². The van der Waals surface area contributed by atoms with Crippen molar-refractivity contribution in [3.63, 3.8) is 0 Å². The lowest BCUT2D eigenvalue weighted by atomic mass is 10.1. The van der Waals surface area contributed by atoms with Gasteiger partial charge in [-0.3, -0.25) is 9.69 Å². The van der Waals surface area contributed by atoms with Gasteiger partial charge < -0.3 is 9.73 Å². The Morgan fingerprint density at radius 3 is 2.54 bits per heavy atom. The minimum atomic E-state index is -0.0494. The van der Waals surface area contributed by atoms with Crippen LogP contribution in [0.25, 0.3) is 0 Å². The number of rotatable bonds is 6. The monoisotopic (exact) mass is 362 g/mol. The summed E-state index contributed by atoms with van der Waals surface area (Å²) in [5, 5.41) is 3.01. The van der Waals surface area contributed by atoms with Gasteiger partial charge in [-0.2, -0.15) is 0 Å². The van der Waals surface area contributed by atoms with Crippen LogP contribution < -0.4 is 5.32 Å². The van der Waals surface area contributed by atoms with E-state index in [9.17, 15) is 4.79 Å². The van der Waals surface area contributed by atoms with E-state index in [-0.39, 0.29) is 11.9 Å². The standard InChI is InChI=1S/C18H22N2O2S2/c1-20(2)15(16-4-3-9-22-16)12-19-17(21)13-5-7-14(8-6-13)18-23-10-11-24-18/h3-9,15,18H,10-12H2,1-2H3,(H,19,21). The van der Waals surface area contributed by atoms with E-state index in [1.54, 1.807) is 6.26 Å². The van der Waals surface area contributed by atoms with Gasteiger partial charge in [0, 0.05) is 23.6 Å². The lowest BCUT2D eigenvalue weighted by Crippen LogP contribution is -2.34. The highest BCUT2D eigenvalue weighted by Gasteiger charge is 2.20. The zero-order chi connectivity index (χ0) is 16.9. The van der Waals surface area contributed by atoms with E-state index in [0.29, 0.717) is 16.7 Å². The molecule has 1 atom stereocenters. The maximum absolute atomic E-state index is 12.4. The highest BCUT2D eigenvalue weighted by molar-refractivity contribution is 8.19. The molecule has 0 aliphatic carbocycles. The molecular formula is C18H22N2O2S2. The Morgan fingerprint density at radius 2 is 1.96 bits per heavy atom. The summed E-state index contributed by atoms with van der Waals surface area (Å²) < 4.78 is 5.98. The zero-order valence-electron chi connectivity index (χ0n) is 13.9. The molecule has 6 heteroatoms. The summed E-state index contributed by atoms with van der Waals surface area (Å²) in [4.78, 5) is 14.4. The van der Waals surface area contributed by atoms with E-state index in [1.165, 1.54) is 17.1 Å². The van der Waals surface area contributed by atoms with Crippen LogP contribution in [-0.4, -0.2) is 43.0 Å². The van der Waals surface area contributed by atoms with Crippen molar-refractivity contribution < 1.29 is 9.21 Å². The average Bonchev–Trinajstić information content (AvgIpc) is 3.28. The number of nitrogens with one attached hydrogen (secondary N) is 1. The number of carbonyl (C=O) groups excluding carboxylic acids is 1. The molecular weight excluding hydrogens is 340 g/mol. The Labute approximate surface area is 151 Å². The maximum Gasteiger partial charge on any atom is 0.251 e. The minimum absolute atomic E-state index is 0.0227. The summed E-state index contributed by atoms with van der Waals surface area (Å²) in [7, 11) is 3.95. The van der Waals surface area contributed by atoms with Crippen molar-refractivity contribution in [2.45, 2.75) is 10.6 Å². The average molecular weight is 363 g/mol. The smallest absolute Gasteiger partial charge is 0.251 e. The van der Waals surface area contributed by atoms with Gasteiger partial charge in [-0.1, -0.05) is 12.1 Å². The third-order valence-electron chi connectivity index (χ3n) is 4.02. The molecule has 1 aliphatic heterocycles. The molecule has 128 valence electrons. The van der Waals surface area contributed by atoms with Crippen molar-refractivity contribution in [3.8, 4) is 0 Å². The van der Waals surface area contributed by atoms with Crippen molar-refractivity contribution in [3.05, 3.63) is 59.5 Å². The van der Waals surface area contributed by atoms with Crippen LogP contribution in [-0.2, 0) is 0 Å². The predicted octanol–water partition coefficient (Wildman–Crippen LogP) is 3.79. The molecule has 1 fully saturated rings. The van der Waals surface area contributed by atoms with Gasteiger partial charge >= 0.3 is 0 Å². The number of nitrogens with zero attached hydrogens (tertiary/aromatic N) is 1. The molecule has 1 saturated heterocycles. The molecule has 0 radical (unpaired) electrons. The Morgan fingerprint density at radius 1 is 1.25 bits per heavy atom. The number of likely N-dealkylation sites (N-methyl/N-ethyl adjacent to an activating group) is 1. The lowest BCUT2D eigenvalue weighted by Gasteiger charge is -2.22. The summed E-state index contributed by atoms with van der Waals surface area (Å²) >= 11 is 3.94. The Hall–Kier alpha value is -1.37. The first-order chi connectivity index (χ1) is 11.6. The molecule has 24 heavy (non-hydrogen) atoms. The fourth-order valence-corrected chi connectivity index (χ4v) is 5.51. The number of carbonyl (C=O) groups is 1. The summed E-state index contributed by atoms with van der Waals surface area (Å²) in [6.45, 7) is 0.509. The van der Waals surface area contributed by atoms with Gasteiger partial charge in [0.25, 0.3) is 5.91 Å². The number of amides is 1. The SMILES string of the molecule is CN(C)C(CNC(=O)c1ccc(C2SCCS2)cc1)c1ccco1. The van der Waals surface area contributed by atoms with Crippen LogP contribution in [0.5, 0.6) is 0 Å². The quantitative estimate of drug-likeness (QED) is 0.847. The second kappa shape index (κ2) is 8.14. The molecule has 0 saturated carbocycles. The number of hydrogen-bond donors (Lipinski definition) is 1. The number of thioether (sulfide) groups is 2. The van der Waals surface area contributed by atoms with Gasteiger partial charge in [-0.25, -0.2) is 0 Å². The summed E-state index contributed by atoms with van der Waals surface area (Å²) in [5.41, 5.74) is 1.99. The Bertz CT molecular complexity index is 650. The molecule has 2 heterocycles. The first-order valence-electron chi connectivity index (χ1n) is 7.96. The minimum Gasteiger partial charge on any atom is -0.468 e. The third kappa shape index (κ3) is 4.18. The van der Waals surface area contributed by atoms with Crippen molar-refractivity contribution in [2.24, 2.45) is 0 Å². The number of benzene rings is 1. The second-order valence-corrected chi connectivity index (χ2v) is 8.62. The van der Waals surface area contributed by atoms with Crippen LogP contribution in [0.4, 0.5) is 0 Å². The van der Waals surface area contributed by atoms with Gasteiger partial charge in [0.15, 0.2) is 0 Å². The predicted molar refractivity (Wildman–Crippen MR) is 102 cm³/mol. The van der Waals surface area contributed by atoms with E-state index in [4.69, 9.17) is 4.42 Å². The van der Waals surface area contributed by atoms with Crippen LogP contribution in [0.15, 0.2) is 47.1 Å². The summed E-state index contributed by atoms with van der Waals surface area (Å²) in [6, 6.07) is 11.8. The maximum atomic E-state index is 12.4. The van der Waals surface area contributed by atoms with E-state index in [1.807, 2.05) is 66.8 Å². The first kappa shape index (κ1) is 17.5. The number of furan rings is 1. The molecule has 1 aliphatic rings. The zero-order valence-corrected chi connectivity index (χ0v) is 15.5. The largest absolute Gasteiger partial charge is 0.468 e. The molecule has 1 N–H and O–H groups in total. The molecule has 2 aromatic rings. The Kier molecular flexibility index (Phi) is 5.92. The van der Waals surface area contributed by atoms with Crippen LogP contribution in [0.3, 0.4) is 0 Å². The van der Waals surface area contributed by atoms with Crippen molar-refractivity contribution >= 4 is 29.4 Å². The van der Waals surface area contributed by atoms with E-state index in [2.05, 4.69) is 17.4 Å². The molecule has 0 spiro atoms. The van der Waals surface area contributed by atoms with Crippen molar-refractivity contribution in [1.82, 2.24) is 10.2 Å². The van der Waals surface area contributed by atoms with E-state index >= 15 is 0 Å². The topological polar surface area (TPSA) is 45.5 Å². The van der Waals surface area contributed by atoms with Gasteiger partial charge in [-0.15, -0.1) is 23.5 Å². The number of hydrogen-bond acceptors (Lipinski definition) is 5. The van der Waals surface area contributed by atoms with Crippen molar-refractivity contribution in [1.29, 1.82) is 0 Å². The highest BCUT2D eigenvalue weighted by atomic mass is 32.2. The van der Waals surface area contributed by atoms with Gasteiger partial charge in [-0.05, 0) is 43.9 Å². The fourth-order valence-electron chi connectivity index (χ4n) is 2.65. The van der Waals surface area contributed by atoms with E-state index in [0.717, 1.165) is 5.76 Å². The Balaban J connectivity index is 1.60. The summed E-state index contributed by atoms with van der Waals surface area (Å²) in [6.07, 6.45) is 1.66. The van der Waals surface area contributed by atoms with Gasteiger partial charge in [0.1, 0.15) is 5.76 Å². The first-order valence-corrected chi connectivity index (χ1v) is 10.1. The van der Waals surface area contributed by atoms with Crippen LogP contribution in [0.1, 0.15) is 32.3 Å². The van der Waals surface area contributed by atoms with Gasteiger partial charge in [0.05, 0.1) is 16.9 Å². The van der Waals surface area contributed by atoms with Crippen LogP contribution in [0.2, 0.25) is 0 Å².